The van der Waals surface area contributed by atoms with Crippen molar-refractivity contribution in [2.45, 2.75) is 13.3 Å². The Bertz CT molecular complexity index is 353. The molecule has 0 aliphatic rings. The van der Waals surface area contributed by atoms with E-state index in [2.05, 4.69) is 0 Å². The summed E-state index contributed by atoms with van der Waals surface area (Å²) >= 11 is 0. The van der Waals surface area contributed by atoms with Crippen LogP contribution < -0.4 is 9.84 Å². The van der Waals surface area contributed by atoms with E-state index in [1.165, 1.54) is 6.92 Å². The molecule has 4 nitrogen and oxygen atoms in total. The average molecular weight is 207 g/mol. The molecule has 0 saturated carbocycles. The number of benzene rings is 1. The van der Waals surface area contributed by atoms with Crippen molar-refractivity contribution in [3.8, 4) is 5.75 Å². The van der Waals surface area contributed by atoms with Crippen LogP contribution in [0.2, 0.25) is 0 Å². The van der Waals surface area contributed by atoms with Crippen molar-refractivity contribution in [1.82, 2.24) is 0 Å². The van der Waals surface area contributed by atoms with Crippen molar-refractivity contribution < 1.29 is 19.4 Å². The zero-order valence-corrected chi connectivity index (χ0v) is 8.36. The summed E-state index contributed by atoms with van der Waals surface area (Å²) in [6, 6.07) is 6.53. The van der Waals surface area contributed by atoms with E-state index in [0.29, 0.717) is 11.3 Å². The molecule has 0 fully saturated rings. The maximum Gasteiger partial charge on any atom is 0.159 e. The fourth-order valence-electron chi connectivity index (χ4n) is 1.04. The van der Waals surface area contributed by atoms with Crippen molar-refractivity contribution in [2.24, 2.45) is 0 Å². The van der Waals surface area contributed by atoms with Gasteiger partial charge in [0.15, 0.2) is 5.78 Å². The molecule has 0 aromatic heterocycles. The summed E-state index contributed by atoms with van der Waals surface area (Å²) in [6.07, 6.45) is -0.144. The number of Topliss-reactive ketones (excluding diaryl/α,β-unsaturated/α-hetero) is 1. The number of ketones is 1. The number of carboxylic acid groups (broad SMARTS) is 1. The number of carbonyl (C=O) groups excluding carboxylic acids is 2. The van der Waals surface area contributed by atoms with Gasteiger partial charge in [0.2, 0.25) is 0 Å². The highest BCUT2D eigenvalue weighted by Gasteiger charge is 1.99. The molecular formula is C11H11O4-. The third kappa shape index (κ3) is 3.81. The summed E-state index contributed by atoms with van der Waals surface area (Å²) in [5.74, 6) is -0.618. The third-order valence-electron chi connectivity index (χ3n) is 1.84. The van der Waals surface area contributed by atoms with Gasteiger partial charge in [-0.2, -0.15) is 0 Å². The first kappa shape index (κ1) is 11.2. The molecule has 80 valence electrons. The quantitative estimate of drug-likeness (QED) is 0.656. The number of aliphatic carboxylic acids is 1. The number of carboxylic acids is 1. The molecule has 15 heavy (non-hydrogen) atoms. The van der Waals surface area contributed by atoms with Crippen LogP contribution in [0.15, 0.2) is 24.3 Å². The Hall–Kier alpha value is -1.84. The summed E-state index contributed by atoms with van der Waals surface area (Å²) in [5, 5.41) is 10.1. The first-order chi connectivity index (χ1) is 7.09. The van der Waals surface area contributed by atoms with Crippen LogP contribution in [0.25, 0.3) is 0 Å². The predicted octanol–water partition coefficient (Wildman–Crippen LogP) is 0.408. The van der Waals surface area contributed by atoms with Crippen molar-refractivity contribution >= 4 is 11.8 Å². The summed E-state index contributed by atoms with van der Waals surface area (Å²) in [7, 11) is 0. The number of ether oxygens (including phenoxy) is 1. The van der Waals surface area contributed by atoms with Crippen LogP contribution in [0.4, 0.5) is 0 Å². The Labute approximate surface area is 87.5 Å². The molecule has 0 N–H and O–H groups in total. The number of carbonyl (C=O) groups is 2. The molecule has 0 heterocycles. The van der Waals surface area contributed by atoms with Crippen LogP contribution in [-0.2, 0) is 4.79 Å². The Morgan fingerprint density at radius 1 is 1.27 bits per heavy atom. The lowest BCUT2D eigenvalue weighted by Gasteiger charge is -2.06. The highest BCUT2D eigenvalue weighted by Crippen LogP contribution is 2.12. The van der Waals surface area contributed by atoms with Crippen LogP contribution in [0, 0.1) is 0 Å². The second-order valence-electron chi connectivity index (χ2n) is 3.05. The molecule has 0 amide bonds. The van der Waals surface area contributed by atoms with Gasteiger partial charge in [-0.3, -0.25) is 4.79 Å². The monoisotopic (exact) mass is 207 g/mol. The second kappa shape index (κ2) is 5.14. The minimum absolute atomic E-state index is 0.0173. The van der Waals surface area contributed by atoms with Gasteiger partial charge in [0.1, 0.15) is 5.75 Å². The molecule has 1 rings (SSSR count). The fourth-order valence-corrected chi connectivity index (χ4v) is 1.04. The molecule has 0 spiro atoms. The van der Waals surface area contributed by atoms with Gasteiger partial charge in [0.05, 0.1) is 6.61 Å². The fraction of sp³-hybridized carbons (Fsp3) is 0.273. The average Bonchev–Trinajstić information content (AvgIpc) is 2.18. The number of hydrogen-bond donors (Lipinski definition) is 0. The van der Waals surface area contributed by atoms with Crippen LogP contribution in [0.5, 0.6) is 5.75 Å². The molecule has 0 atom stereocenters. The highest BCUT2D eigenvalue weighted by molar-refractivity contribution is 5.94. The van der Waals surface area contributed by atoms with Gasteiger partial charge in [-0.25, -0.2) is 0 Å². The van der Waals surface area contributed by atoms with E-state index in [1.54, 1.807) is 24.3 Å². The Balaban J connectivity index is 2.50. The van der Waals surface area contributed by atoms with Crippen molar-refractivity contribution in [3.63, 3.8) is 0 Å². The van der Waals surface area contributed by atoms with E-state index in [9.17, 15) is 14.7 Å². The Kier molecular flexibility index (Phi) is 3.85. The minimum Gasteiger partial charge on any atom is -0.550 e. The number of rotatable bonds is 5. The van der Waals surface area contributed by atoms with Gasteiger partial charge in [-0.05, 0) is 31.2 Å². The molecule has 0 radical (unpaired) electrons. The summed E-state index contributed by atoms with van der Waals surface area (Å²) in [5.41, 5.74) is 0.599. The van der Waals surface area contributed by atoms with E-state index in [-0.39, 0.29) is 18.8 Å². The van der Waals surface area contributed by atoms with Gasteiger partial charge in [-0.1, -0.05) is 0 Å². The lowest BCUT2D eigenvalue weighted by Crippen LogP contribution is -2.24. The Morgan fingerprint density at radius 2 is 1.87 bits per heavy atom. The molecule has 0 unspecified atom stereocenters. The van der Waals surface area contributed by atoms with Crippen LogP contribution in [-0.4, -0.2) is 18.4 Å². The zero-order chi connectivity index (χ0) is 11.3. The van der Waals surface area contributed by atoms with Crippen molar-refractivity contribution in [3.05, 3.63) is 29.8 Å². The summed E-state index contributed by atoms with van der Waals surface area (Å²) < 4.78 is 5.12. The first-order valence-corrected chi connectivity index (χ1v) is 4.53. The molecule has 0 bridgehead atoms. The highest BCUT2D eigenvalue weighted by atomic mass is 16.5. The largest absolute Gasteiger partial charge is 0.550 e. The van der Waals surface area contributed by atoms with Crippen LogP contribution in [0.1, 0.15) is 23.7 Å². The standard InChI is InChI=1S/C11H12O4/c1-8(12)9-2-4-10(5-3-9)15-7-6-11(13)14/h2-5H,6-7H2,1H3,(H,13,14)/p-1. The van der Waals surface area contributed by atoms with E-state index in [0.717, 1.165) is 0 Å². The van der Waals surface area contributed by atoms with E-state index < -0.39 is 5.97 Å². The number of hydrogen-bond acceptors (Lipinski definition) is 4. The minimum atomic E-state index is -1.14. The van der Waals surface area contributed by atoms with Gasteiger partial charge >= 0.3 is 0 Å². The Morgan fingerprint density at radius 3 is 2.33 bits per heavy atom. The van der Waals surface area contributed by atoms with Crippen LogP contribution in [0.3, 0.4) is 0 Å². The SMILES string of the molecule is CC(=O)c1ccc(OCCC(=O)[O-])cc1. The molecule has 0 aliphatic heterocycles. The maximum absolute atomic E-state index is 10.9. The summed E-state index contributed by atoms with van der Waals surface area (Å²) in [6.45, 7) is 1.55. The molecule has 1 aromatic rings. The first-order valence-electron chi connectivity index (χ1n) is 4.53. The van der Waals surface area contributed by atoms with Gasteiger partial charge < -0.3 is 14.6 Å². The molecule has 4 heteroatoms. The van der Waals surface area contributed by atoms with Gasteiger partial charge in [0.25, 0.3) is 0 Å². The second-order valence-corrected chi connectivity index (χ2v) is 3.05. The normalized spacial score (nSPS) is 9.67. The lowest BCUT2D eigenvalue weighted by molar-refractivity contribution is -0.306. The van der Waals surface area contributed by atoms with Crippen LogP contribution >= 0.6 is 0 Å². The molecular weight excluding hydrogens is 196 g/mol. The van der Waals surface area contributed by atoms with Crippen molar-refractivity contribution in [1.29, 1.82) is 0 Å². The van der Waals surface area contributed by atoms with Gasteiger partial charge in [0, 0.05) is 18.0 Å². The van der Waals surface area contributed by atoms with Gasteiger partial charge in [-0.15, -0.1) is 0 Å². The summed E-state index contributed by atoms with van der Waals surface area (Å²) in [4.78, 5) is 21.0. The maximum atomic E-state index is 10.9. The lowest BCUT2D eigenvalue weighted by atomic mass is 10.1. The molecule has 0 saturated heterocycles. The topological polar surface area (TPSA) is 66.4 Å². The third-order valence-corrected chi connectivity index (χ3v) is 1.84. The smallest absolute Gasteiger partial charge is 0.159 e. The van der Waals surface area contributed by atoms with E-state index >= 15 is 0 Å². The zero-order valence-electron chi connectivity index (χ0n) is 8.36. The molecule has 0 aliphatic carbocycles. The predicted molar refractivity (Wildman–Crippen MR) is 51.6 cm³/mol. The van der Waals surface area contributed by atoms with E-state index in [1.807, 2.05) is 0 Å². The van der Waals surface area contributed by atoms with Crippen molar-refractivity contribution in [2.75, 3.05) is 6.61 Å². The molecule has 1 aromatic carbocycles. The van der Waals surface area contributed by atoms with E-state index in [4.69, 9.17) is 4.74 Å².